The van der Waals surface area contributed by atoms with Crippen LogP contribution < -0.4 is 5.32 Å². The molecule has 1 amide bonds. The van der Waals surface area contributed by atoms with Crippen molar-refractivity contribution in [1.29, 1.82) is 0 Å². The second-order valence-corrected chi connectivity index (χ2v) is 5.53. The molecule has 0 aromatic carbocycles. The largest absolute Gasteiger partial charge is 0.444 e. The van der Waals surface area contributed by atoms with Crippen molar-refractivity contribution in [3.63, 3.8) is 0 Å². The molecular weight excluding hydrogens is 341 g/mol. The Bertz CT molecular complexity index is 243. The van der Waals surface area contributed by atoms with Crippen molar-refractivity contribution in [1.82, 2.24) is 5.32 Å². The van der Waals surface area contributed by atoms with Crippen LogP contribution in [0.4, 0.5) is 4.79 Å². The van der Waals surface area contributed by atoms with Crippen LogP contribution in [0.1, 0.15) is 20.8 Å². The number of aliphatic hydroxyl groups excluding tert-OH is 3. The van der Waals surface area contributed by atoms with Crippen LogP contribution in [-0.2, 0) is 4.74 Å². The van der Waals surface area contributed by atoms with E-state index in [1.165, 1.54) is 0 Å². The molecule has 0 aliphatic heterocycles. The van der Waals surface area contributed by atoms with Crippen LogP contribution in [0, 0.1) is 0 Å². The fraction of sp³-hybridized carbons (Fsp3) is 0.900. The molecule has 3 atom stereocenters. The normalized spacial score (nSPS) is 17.1. The maximum absolute atomic E-state index is 11.5. The molecule has 0 rings (SSSR count). The lowest BCUT2D eigenvalue weighted by Crippen LogP contribution is -2.51. The Kier molecular flexibility index (Phi) is 7.29. The highest BCUT2D eigenvalue weighted by Crippen LogP contribution is 2.09. The van der Waals surface area contributed by atoms with Crippen molar-refractivity contribution >= 4 is 28.7 Å². The van der Waals surface area contributed by atoms with Crippen molar-refractivity contribution in [3.05, 3.63) is 0 Å². The Morgan fingerprint density at radius 3 is 2.29 bits per heavy atom. The van der Waals surface area contributed by atoms with Gasteiger partial charge in [0, 0.05) is 4.43 Å². The number of aliphatic hydroxyl groups is 3. The van der Waals surface area contributed by atoms with E-state index in [0.29, 0.717) is 4.43 Å². The lowest BCUT2D eigenvalue weighted by molar-refractivity contribution is -0.0297. The van der Waals surface area contributed by atoms with Crippen LogP contribution in [0.5, 0.6) is 0 Å². The first kappa shape index (κ1) is 16.9. The molecule has 17 heavy (non-hydrogen) atoms. The summed E-state index contributed by atoms with van der Waals surface area (Å²) in [5.41, 5.74) is -0.625. The maximum atomic E-state index is 11.5. The summed E-state index contributed by atoms with van der Waals surface area (Å²) in [6, 6.07) is -0.674. The van der Waals surface area contributed by atoms with Crippen molar-refractivity contribution in [3.8, 4) is 0 Å². The summed E-state index contributed by atoms with van der Waals surface area (Å²) >= 11 is 1.96. The zero-order valence-electron chi connectivity index (χ0n) is 10.2. The summed E-state index contributed by atoms with van der Waals surface area (Å²) in [7, 11) is 0. The third-order valence-electron chi connectivity index (χ3n) is 1.86. The van der Waals surface area contributed by atoms with Gasteiger partial charge in [-0.05, 0) is 20.8 Å². The summed E-state index contributed by atoms with van der Waals surface area (Å²) in [6.45, 7) is 4.62. The number of halogens is 1. The van der Waals surface area contributed by atoms with Gasteiger partial charge in [0.1, 0.15) is 17.8 Å². The van der Waals surface area contributed by atoms with Crippen LogP contribution in [0.3, 0.4) is 0 Å². The van der Waals surface area contributed by atoms with E-state index in [1.54, 1.807) is 20.8 Å². The lowest BCUT2D eigenvalue weighted by atomic mass is 10.1. The number of hydrogen-bond acceptors (Lipinski definition) is 5. The number of nitrogens with one attached hydrogen (secondary N) is 1. The summed E-state index contributed by atoms with van der Waals surface area (Å²) < 4.78 is 5.41. The fourth-order valence-electron chi connectivity index (χ4n) is 1.05. The highest BCUT2D eigenvalue weighted by Gasteiger charge is 2.28. The minimum absolute atomic E-state index is 0.384. The first-order valence-corrected chi connectivity index (χ1v) is 6.76. The van der Waals surface area contributed by atoms with Crippen molar-refractivity contribution in [2.75, 3.05) is 11.0 Å². The summed E-state index contributed by atoms with van der Waals surface area (Å²) in [5, 5.41) is 30.1. The number of amides is 1. The SMILES string of the molecule is CC(C)(C)OC(=O)N[C@H](CI)[C@H](O)[C@@H](O)CO. The summed E-state index contributed by atoms with van der Waals surface area (Å²) in [4.78, 5) is 11.5. The molecule has 0 aromatic rings. The number of rotatable bonds is 5. The van der Waals surface area contributed by atoms with Crippen LogP contribution in [0.2, 0.25) is 0 Å². The van der Waals surface area contributed by atoms with Gasteiger partial charge in [0.2, 0.25) is 0 Å². The van der Waals surface area contributed by atoms with Crippen molar-refractivity contribution in [2.45, 2.75) is 44.6 Å². The van der Waals surface area contributed by atoms with E-state index in [-0.39, 0.29) is 0 Å². The average molecular weight is 361 g/mol. The number of alkyl halides is 1. The number of ether oxygens (including phenoxy) is 1. The Morgan fingerprint density at radius 2 is 1.94 bits per heavy atom. The first-order valence-electron chi connectivity index (χ1n) is 5.23. The predicted molar refractivity (Wildman–Crippen MR) is 71.1 cm³/mol. The van der Waals surface area contributed by atoms with Gasteiger partial charge in [-0.1, -0.05) is 22.6 Å². The maximum Gasteiger partial charge on any atom is 0.407 e. The van der Waals surface area contributed by atoms with Crippen molar-refractivity contribution < 1.29 is 24.9 Å². The van der Waals surface area contributed by atoms with Gasteiger partial charge in [0.05, 0.1) is 12.6 Å². The topological polar surface area (TPSA) is 99.0 Å². The Balaban J connectivity index is 4.35. The quantitative estimate of drug-likeness (QED) is 0.409. The number of carbonyl (C=O) groups excluding carboxylic acids is 1. The van der Waals surface area contributed by atoms with Gasteiger partial charge in [-0.25, -0.2) is 4.79 Å². The summed E-state index contributed by atoms with van der Waals surface area (Å²) in [6.07, 6.45) is -3.18. The Labute approximate surface area is 114 Å². The second kappa shape index (κ2) is 7.34. The van der Waals surface area contributed by atoms with E-state index >= 15 is 0 Å². The van der Waals surface area contributed by atoms with Crippen molar-refractivity contribution in [2.24, 2.45) is 0 Å². The zero-order chi connectivity index (χ0) is 13.6. The Hall–Kier alpha value is -0.120. The van der Waals surface area contributed by atoms with Gasteiger partial charge in [-0.3, -0.25) is 0 Å². The van der Waals surface area contributed by atoms with E-state index in [0.717, 1.165) is 0 Å². The molecule has 102 valence electrons. The van der Waals surface area contributed by atoms with Crippen LogP contribution in [-0.4, -0.2) is 56.3 Å². The zero-order valence-corrected chi connectivity index (χ0v) is 12.3. The number of carbonyl (C=O) groups is 1. The van der Waals surface area contributed by atoms with E-state index in [9.17, 15) is 15.0 Å². The highest BCUT2D eigenvalue weighted by molar-refractivity contribution is 14.1. The van der Waals surface area contributed by atoms with Crippen LogP contribution >= 0.6 is 22.6 Å². The molecule has 4 N–H and O–H groups in total. The number of hydrogen-bond donors (Lipinski definition) is 4. The standard InChI is InChI=1S/C10H20INO5/c1-10(2,3)17-9(16)12-6(4-11)8(15)7(14)5-13/h6-8,13-15H,4-5H2,1-3H3,(H,12,16)/t6-,7+,8+/m1/s1. The smallest absolute Gasteiger partial charge is 0.407 e. The van der Waals surface area contributed by atoms with Gasteiger partial charge >= 0.3 is 6.09 Å². The highest BCUT2D eigenvalue weighted by atomic mass is 127. The minimum Gasteiger partial charge on any atom is -0.444 e. The molecule has 7 heteroatoms. The molecule has 0 aromatic heterocycles. The van der Waals surface area contributed by atoms with Crippen LogP contribution in [0.15, 0.2) is 0 Å². The molecule has 0 saturated heterocycles. The molecule has 0 fully saturated rings. The molecule has 6 nitrogen and oxygen atoms in total. The van der Waals surface area contributed by atoms with Gasteiger partial charge in [0.15, 0.2) is 0 Å². The second-order valence-electron chi connectivity index (χ2n) is 4.65. The molecule has 0 spiro atoms. The third kappa shape index (κ3) is 7.02. The minimum atomic E-state index is -1.29. The predicted octanol–water partition coefficient (Wildman–Crippen LogP) is 0.0288. The number of alkyl carbamates (subject to hydrolysis) is 1. The molecule has 0 radical (unpaired) electrons. The fourth-order valence-corrected chi connectivity index (χ4v) is 1.79. The molecule has 0 bridgehead atoms. The molecule has 0 aliphatic carbocycles. The average Bonchev–Trinajstić information content (AvgIpc) is 2.21. The molecule has 0 unspecified atom stereocenters. The summed E-state index contributed by atoms with van der Waals surface area (Å²) in [5.74, 6) is 0. The van der Waals surface area contributed by atoms with Crippen LogP contribution in [0.25, 0.3) is 0 Å². The third-order valence-corrected chi connectivity index (χ3v) is 2.81. The molecule has 0 aliphatic rings. The Morgan fingerprint density at radius 1 is 1.41 bits per heavy atom. The molecule has 0 saturated carbocycles. The van der Waals surface area contributed by atoms with Gasteiger partial charge in [-0.15, -0.1) is 0 Å². The van der Waals surface area contributed by atoms with Gasteiger partial charge in [0.25, 0.3) is 0 Å². The lowest BCUT2D eigenvalue weighted by Gasteiger charge is -2.27. The van der Waals surface area contributed by atoms with E-state index < -0.39 is 36.6 Å². The molecular formula is C10H20INO5. The van der Waals surface area contributed by atoms with E-state index in [4.69, 9.17) is 9.84 Å². The van der Waals surface area contributed by atoms with E-state index in [2.05, 4.69) is 5.32 Å². The van der Waals surface area contributed by atoms with E-state index in [1.807, 2.05) is 22.6 Å². The first-order chi connectivity index (χ1) is 7.71. The molecule has 0 heterocycles. The monoisotopic (exact) mass is 361 g/mol. The van der Waals surface area contributed by atoms with Gasteiger partial charge < -0.3 is 25.4 Å². The van der Waals surface area contributed by atoms with Gasteiger partial charge in [-0.2, -0.15) is 0 Å².